The maximum atomic E-state index is 12.8. The van der Waals surface area contributed by atoms with Gasteiger partial charge >= 0.3 is 6.18 Å². The number of alkyl halides is 3. The van der Waals surface area contributed by atoms with Crippen molar-refractivity contribution in [3.05, 3.63) is 39.3 Å². The molecule has 0 spiro atoms. The molecule has 2 rings (SSSR count). The van der Waals surface area contributed by atoms with Crippen LogP contribution in [0, 0.1) is 0 Å². The summed E-state index contributed by atoms with van der Waals surface area (Å²) < 4.78 is 39.3. The Bertz CT molecular complexity index is 645. The number of carbonyl (C=O) groups is 1. The van der Waals surface area contributed by atoms with Crippen molar-refractivity contribution in [3.63, 3.8) is 0 Å². The molecule has 114 valence electrons. The monoisotopic (exact) mass is 317 g/mol. The average molecular weight is 317 g/mol. The molecule has 0 aromatic carbocycles. The third-order valence-electron chi connectivity index (χ3n) is 2.83. The van der Waals surface area contributed by atoms with Crippen LogP contribution in [0.25, 0.3) is 0 Å². The molecule has 21 heavy (non-hydrogen) atoms. The van der Waals surface area contributed by atoms with Crippen LogP contribution < -0.4 is 5.32 Å². The fourth-order valence-corrected chi connectivity index (χ4v) is 2.73. The molecule has 0 bridgehead atoms. The minimum absolute atomic E-state index is 0.204. The Morgan fingerprint density at radius 2 is 2.05 bits per heavy atom. The van der Waals surface area contributed by atoms with Gasteiger partial charge in [-0.05, 0) is 18.6 Å². The van der Waals surface area contributed by atoms with Crippen molar-refractivity contribution in [3.8, 4) is 0 Å². The molecule has 8 heteroatoms. The quantitative estimate of drug-likeness (QED) is 0.942. The molecule has 1 amide bonds. The zero-order valence-electron chi connectivity index (χ0n) is 11.5. The summed E-state index contributed by atoms with van der Waals surface area (Å²) in [6.45, 7) is 2.22. The molecule has 0 aliphatic rings. The third kappa shape index (κ3) is 3.63. The van der Waals surface area contributed by atoms with Crippen LogP contribution in [0.2, 0.25) is 0 Å². The summed E-state index contributed by atoms with van der Waals surface area (Å²) in [7, 11) is 1.35. The molecule has 0 saturated heterocycles. The van der Waals surface area contributed by atoms with Gasteiger partial charge < -0.3 is 5.32 Å². The number of nitrogens with zero attached hydrogens (tertiary/aromatic N) is 2. The van der Waals surface area contributed by atoms with Crippen LogP contribution in [0.4, 0.5) is 13.2 Å². The smallest absolute Gasteiger partial charge is 0.347 e. The van der Waals surface area contributed by atoms with Gasteiger partial charge in [0.05, 0.1) is 12.1 Å². The maximum absolute atomic E-state index is 12.8. The number of aryl methyl sites for hydroxylation is 2. The lowest BCUT2D eigenvalue weighted by Gasteiger charge is -2.06. The Balaban J connectivity index is 2.10. The van der Waals surface area contributed by atoms with Crippen molar-refractivity contribution in [2.75, 3.05) is 0 Å². The second kappa shape index (κ2) is 5.88. The van der Waals surface area contributed by atoms with Gasteiger partial charge in [0, 0.05) is 23.0 Å². The van der Waals surface area contributed by atoms with E-state index in [0.717, 1.165) is 27.1 Å². The number of aromatic nitrogens is 2. The lowest BCUT2D eigenvalue weighted by Crippen LogP contribution is -2.24. The minimum atomic E-state index is -4.65. The molecule has 2 aromatic heterocycles. The molecule has 2 heterocycles. The summed E-state index contributed by atoms with van der Waals surface area (Å²) >= 11 is 1.53. The van der Waals surface area contributed by atoms with Gasteiger partial charge in [0.2, 0.25) is 0 Å². The first kappa shape index (κ1) is 15.6. The Morgan fingerprint density at radius 1 is 1.38 bits per heavy atom. The van der Waals surface area contributed by atoms with E-state index in [0.29, 0.717) is 0 Å². The van der Waals surface area contributed by atoms with Crippen molar-refractivity contribution < 1.29 is 18.0 Å². The number of nitrogens with one attached hydrogen (secondary N) is 1. The highest BCUT2D eigenvalue weighted by Gasteiger charge is 2.38. The molecule has 1 N–H and O–H groups in total. The van der Waals surface area contributed by atoms with E-state index in [-0.39, 0.29) is 6.54 Å². The zero-order chi connectivity index (χ0) is 15.6. The lowest BCUT2D eigenvalue weighted by atomic mass is 10.2. The van der Waals surface area contributed by atoms with E-state index >= 15 is 0 Å². The summed E-state index contributed by atoms with van der Waals surface area (Å²) in [6.07, 6.45) is -2.68. The highest BCUT2D eigenvalue weighted by atomic mass is 32.1. The lowest BCUT2D eigenvalue weighted by molar-refractivity contribution is -0.141. The minimum Gasteiger partial charge on any atom is -0.347 e. The molecule has 0 fully saturated rings. The highest BCUT2D eigenvalue weighted by Crippen LogP contribution is 2.30. The first-order valence-corrected chi connectivity index (χ1v) is 7.09. The molecule has 0 unspecified atom stereocenters. The van der Waals surface area contributed by atoms with Gasteiger partial charge in [0.1, 0.15) is 0 Å². The molecular weight excluding hydrogens is 303 g/mol. The Morgan fingerprint density at radius 3 is 2.62 bits per heavy atom. The molecule has 0 aliphatic heterocycles. The standard InChI is InChI=1S/C13H14F3N3OS/c1-3-8-4-5-9(21-8)6-17-12(20)10-7-19(2)18-11(10)13(14,15)16/h4-5,7H,3,6H2,1-2H3,(H,17,20). The molecule has 2 aromatic rings. The second-order valence-corrected chi connectivity index (χ2v) is 5.72. The molecule has 4 nitrogen and oxygen atoms in total. The van der Waals surface area contributed by atoms with Gasteiger partial charge in [0.15, 0.2) is 5.69 Å². The van der Waals surface area contributed by atoms with E-state index in [1.165, 1.54) is 18.4 Å². The van der Waals surface area contributed by atoms with Crippen LogP contribution in [0.5, 0.6) is 0 Å². The van der Waals surface area contributed by atoms with Crippen molar-refractivity contribution in [2.45, 2.75) is 26.1 Å². The Kier molecular flexibility index (Phi) is 4.36. The zero-order valence-corrected chi connectivity index (χ0v) is 12.3. The summed E-state index contributed by atoms with van der Waals surface area (Å²) in [4.78, 5) is 14.0. The molecule has 0 radical (unpaired) electrons. The molecule has 0 atom stereocenters. The van der Waals surface area contributed by atoms with Crippen LogP contribution in [0.1, 0.15) is 32.7 Å². The Hall–Kier alpha value is -1.83. The van der Waals surface area contributed by atoms with Gasteiger partial charge in [0.25, 0.3) is 5.91 Å². The van der Waals surface area contributed by atoms with E-state index in [9.17, 15) is 18.0 Å². The second-order valence-electron chi connectivity index (χ2n) is 4.47. The van der Waals surface area contributed by atoms with E-state index in [1.807, 2.05) is 19.1 Å². The largest absolute Gasteiger partial charge is 0.435 e. The van der Waals surface area contributed by atoms with Gasteiger partial charge in [-0.3, -0.25) is 9.48 Å². The number of halogens is 3. The van der Waals surface area contributed by atoms with E-state index < -0.39 is 23.3 Å². The number of carbonyl (C=O) groups excluding carboxylic acids is 1. The Labute approximate surface area is 123 Å². The maximum Gasteiger partial charge on any atom is 0.435 e. The predicted octanol–water partition coefficient (Wildman–Crippen LogP) is 2.99. The van der Waals surface area contributed by atoms with Crippen LogP contribution in [0.3, 0.4) is 0 Å². The van der Waals surface area contributed by atoms with Crippen molar-refractivity contribution in [1.82, 2.24) is 15.1 Å². The number of hydrogen-bond donors (Lipinski definition) is 1. The summed E-state index contributed by atoms with van der Waals surface area (Å²) in [6, 6.07) is 3.80. The third-order valence-corrected chi connectivity index (χ3v) is 4.06. The van der Waals surface area contributed by atoms with Crippen LogP contribution in [-0.4, -0.2) is 15.7 Å². The number of thiophene rings is 1. The molecule has 0 saturated carbocycles. The molecular formula is C13H14F3N3OS. The average Bonchev–Trinajstić information content (AvgIpc) is 3.01. The number of rotatable bonds is 4. The first-order chi connectivity index (χ1) is 9.81. The van der Waals surface area contributed by atoms with Gasteiger partial charge in [-0.1, -0.05) is 6.92 Å². The normalized spacial score (nSPS) is 11.7. The van der Waals surface area contributed by atoms with Crippen LogP contribution in [0.15, 0.2) is 18.3 Å². The van der Waals surface area contributed by atoms with Gasteiger partial charge in [-0.25, -0.2) is 0 Å². The van der Waals surface area contributed by atoms with Crippen molar-refractivity contribution >= 4 is 17.2 Å². The van der Waals surface area contributed by atoms with Crippen molar-refractivity contribution in [2.24, 2.45) is 7.05 Å². The topological polar surface area (TPSA) is 46.9 Å². The van der Waals surface area contributed by atoms with E-state index in [2.05, 4.69) is 10.4 Å². The number of amides is 1. The first-order valence-electron chi connectivity index (χ1n) is 6.28. The summed E-state index contributed by atoms with van der Waals surface area (Å²) in [5.41, 5.74) is -1.62. The van der Waals surface area contributed by atoms with E-state index in [4.69, 9.17) is 0 Å². The van der Waals surface area contributed by atoms with E-state index in [1.54, 1.807) is 0 Å². The fraction of sp³-hybridized carbons (Fsp3) is 0.385. The van der Waals surface area contributed by atoms with Gasteiger partial charge in [-0.15, -0.1) is 11.3 Å². The number of hydrogen-bond acceptors (Lipinski definition) is 3. The van der Waals surface area contributed by atoms with Crippen molar-refractivity contribution in [1.29, 1.82) is 0 Å². The van der Waals surface area contributed by atoms with Crippen LogP contribution >= 0.6 is 11.3 Å². The SMILES string of the molecule is CCc1ccc(CNC(=O)c2cn(C)nc2C(F)(F)F)s1. The summed E-state index contributed by atoms with van der Waals surface area (Å²) in [5, 5.41) is 5.81. The fourth-order valence-electron chi connectivity index (χ4n) is 1.83. The predicted molar refractivity (Wildman–Crippen MR) is 73.1 cm³/mol. The molecule has 0 aliphatic carbocycles. The van der Waals surface area contributed by atoms with Crippen LogP contribution in [-0.2, 0) is 26.2 Å². The van der Waals surface area contributed by atoms with Gasteiger partial charge in [-0.2, -0.15) is 18.3 Å². The summed E-state index contributed by atoms with van der Waals surface area (Å²) in [5.74, 6) is -0.776. The highest BCUT2D eigenvalue weighted by molar-refractivity contribution is 7.11.